The zero-order chi connectivity index (χ0) is 24.4. The Bertz CT molecular complexity index is 1320. The molecular weight excluding hydrogens is 458 g/mol. The van der Waals surface area contributed by atoms with E-state index in [-0.39, 0.29) is 28.3 Å². The normalized spacial score (nSPS) is 12.4. The molecular formula is C24H19N3O6S. The van der Waals surface area contributed by atoms with Gasteiger partial charge in [0.25, 0.3) is 23.6 Å². The number of rotatable bonds is 6. The maximum Gasteiger partial charge on any atom is 0.340 e. The molecule has 0 bridgehead atoms. The molecule has 1 N–H and O–H groups in total. The van der Waals surface area contributed by atoms with Crippen LogP contribution in [0.2, 0.25) is 0 Å². The van der Waals surface area contributed by atoms with Crippen LogP contribution in [-0.2, 0) is 9.53 Å². The number of ether oxygens (including phenoxy) is 1. The summed E-state index contributed by atoms with van der Waals surface area (Å²) >= 11 is 1.29. The number of thiophene rings is 1. The minimum Gasteiger partial charge on any atom is -0.452 e. The first-order valence-corrected chi connectivity index (χ1v) is 11.0. The van der Waals surface area contributed by atoms with Crippen molar-refractivity contribution < 1.29 is 28.7 Å². The van der Waals surface area contributed by atoms with E-state index in [0.29, 0.717) is 10.6 Å². The Morgan fingerprint density at radius 1 is 1.00 bits per heavy atom. The molecule has 4 rings (SSSR count). The molecule has 0 saturated carbocycles. The maximum absolute atomic E-state index is 12.7. The molecule has 9 nitrogen and oxygen atoms in total. The smallest absolute Gasteiger partial charge is 0.340 e. The third-order valence-corrected chi connectivity index (χ3v) is 6.09. The zero-order valence-corrected chi connectivity index (χ0v) is 19.0. The summed E-state index contributed by atoms with van der Waals surface area (Å²) in [6, 6.07) is 14.2. The molecule has 0 radical (unpaired) electrons. The van der Waals surface area contributed by atoms with E-state index in [1.807, 2.05) is 0 Å². The summed E-state index contributed by atoms with van der Waals surface area (Å²) in [5.74, 6) is -2.54. The largest absolute Gasteiger partial charge is 0.452 e. The van der Waals surface area contributed by atoms with Gasteiger partial charge in [-0.05, 0) is 41.8 Å². The van der Waals surface area contributed by atoms with Gasteiger partial charge in [-0.1, -0.05) is 18.2 Å². The first-order chi connectivity index (χ1) is 16.3. The maximum atomic E-state index is 12.7. The molecule has 10 heteroatoms. The molecule has 0 spiro atoms. The van der Waals surface area contributed by atoms with Gasteiger partial charge in [-0.2, -0.15) is 0 Å². The molecule has 0 atom stereocenters. The summed E-state index contributed by atoms with van der Waals surface area (Å²) in [5.41, 5.74) is 1.21. The lowest BCUT2D eigenvalue weighted by Gasteiger charge is -2.19. The fourth-order valence-electron chi connectivity index (χ4n) is 3.46. The number of hydrogen-bond acceptors (Lipinski definition) is 7. The predicted octanol–water partition coefficient (Wildman–Crippen LogP) is 3.05. The molecule has 4 amide bonds. The fraction of sp³-hybridized carbons (Fsp3) is 0.125. The number of fused-ring (bicyclic) bond motifs is 1. The second kappa shape index (κ2) is 9.28. The Labute approximate surface area is 198 Å². The molecule has 3 aromatic rings. The van der Waals surface area contributed by atoms with Gasteiger partial charge in [-0.25, -0.2) is 4.79 Å². The van der Waals surface area contributed by atoms with Gasteiger partial charge in [0.15, 0.2) is 6.61 Å². The number of anilines is 2. The second-order valence-electron chi connectivity index (χ2n) is 7.41. The van der Waals surface area contributed by atoms with Crippen LogP contribution in [0.3, 0.4) is 0 Å². The highest BCUT2D eigenvalue weighted by molar-refractivity contribution is 7.12. The molecule has 34 heavy (non-hydrogen) atoms. The van der Waals surface area contributed by atoms with E-state index in [0.717, 1.165) is 4.90 Å². The summed E-state index contributed by atoms with van der Waals surface area (Å²) < 4.78 is 5.16. The minimum atomic E-state index is -0.770. The van der Waals surface area contributed by atoms with Crippen molar-refractivity contribution in [2.75, 3.05) is 30.9 Å². The SMILES string of the molecule is CN1C(=O)c2ccc(NC(=O)COC(=O)c3ccccc3N(C)C(=O)c3cccs3)cc2C1=O. The van der Waals surface area contributed by atoms with Gasteiger partial charge in [0.1, 0.15) is 0 Å². The molecule has 2 aromatic carbocycles. The lowest BCUT2D eigenvalue weighted by molar-refractivity contribution is -0.119. The second-order valence-corrected chi connectivity index (χ2v) is 8.36. The Morgan fingerprint density at radius 2 is 1.74 bits per heavy atom. The summed E-state index contributed by atoms with van der Waals surface area (Å²) in [7, 11) is 2.93. The van der Waals surface area contributed by atoms with E-state index in [9.17, 15) is 24.0 Å². The molecule has 0 aliphatic carbocycles. The van der Waals surface area contributed by atoms with E-state index >= 15 is 0 Å². The van der Waals surface area contributed by atoms with Crippen molar-refractivity contribution in [3.63, 3.8) is 0 Å². The van der Waals surface area contributed by atoms with Crippen molar-refractivity contribution in [3.8, 4) is 0 Å². The number of nitrogens with one attached hydrogen (secondary N) is 1. The Kier molecular flexibility index (Phi) is 6.24. The van der Waals surface area contributed by atoms with Crippen molar-refractivity contribution in [2.24, 2.45) is 0 Å². The van der Waals surface area contributed by atoms with Crippen molar-refractivity contribution in [1.82, 2.24) is 4.90 Å². The lowest BCUT2D eigenvalue weighted by atomic mass is 10.1. The van der Waals surface area contributed by atoms with Gasteiger partial charge in [0.2, 0.25) is 0 Å². The zero-order valence-electron chi connectivity index (χ0n) is 18.2. The number of carbonyl (C=O) groups excluding carboxylic acids is 5. The highest BCUT2D eigenvalue weighted by atomic mass is 32.1. The average molecular weight is 477 g/mol. The van der Waals surface area contributed by atoms with Crippen LogP contribution in [-0.4, -0.2) is 55.2 Å². The van der Waals surface area contributed by atoms with Crippen molar-refractivity contribution >= 4 is 52.3 Å². The molecule has 2 heterocycles. The van der Waals surface area contributed by atoms with Crippen molar-refractivity contribution in [3.05, 3.63) is 81.5 Å². The van der Waals surface area contributed by atoms with Crippen LogP contribution >= 0.6 is 11.3 Å². The summed E-state index contributed by atoms with van der Waals surface area (Å²) in [6.45, 7) is -0.584. The standard InChI is InChI=1S/C24H19N3O6S/c1-26(23(31)19-8-5-11-34-19)18-7-4-3-6-16(18)24(32)33-13-20(28)25-14-9-10-15-17(12-14)22(30)27(2)21(15)29/h3-12H,13H2,1-2H3,(H,25,28). The average Bonchev–Trinajstić information content (AvgIpc) is 3.46. The van der Waals surface area contributed by atoms with Crippen molar-refractivity contribution in [2.45, 2.75) is 0 Å². The van der Waals surface area contributed by atoms with E-state index in [1.54, 1.807) is 42.8 Å². The van der Waals surface area contributed by atoms with Gasteiger partial charge >= 0.3 is 5.97 Å². The van der Waals surface area contributed by atoms with E-state index in [1.165, 1.54) is 47.5 Å². The van der Waals surface area contributed by atoms with Crippen LogP contribution < -0.4 is 10.2 Å². The summed E-state index contributed by atoms with van der Waals surface area (Å²) in [6.07, 6.45) is 0. The van der Waals surface area contributed by atoms with Crippen LogP contribution in [0.4, 0.5) is 11.4 Å². The fourth-order valence-corrected chi connectivity index (χ4v) is 4.16. The monoisotopic (exact) mass is 477 g/mol. The van der Waals surface area contributed by atoms with E-state index in [2.05, 4.69) is 5.32 Å². The summed E-state index contributed by atoms with van der Waals surface area (Å²) in [5, 5.41) is 4.33. The Morgan fingerprint density at radius 3 is 2.47 bits per heavy atom. The molecule has 1 aromatic heterocycles. The topological polar surface area (TPSA) is 113 Å². The lowest BCUT2D eigenvalue weighted by Crippen LogP contribution is -2.28. The number of amides is 4. The number of para-hydroxylation sites is 1. The molecule has 1 aliphatic rings. The van der Waals surface area contributed by atoms with Gasteiger partial charge < -0.3 is 15.0 Å². The minimum absolute atomic E-state index is 0.132. The summed E-state index contributed by atoms with van der Waals surface area (Å²) in [4.78, 5) is 64.6. The first-order valence-electron chi connectivity index (χ1n) is 10.1. The number of imide groups is 1. The van der Waals surface area contributed by atoms with Gasteiger partial charge in [0, 0.05) is 19.8 Å². The third kappa shape index (κ3) is 4.30. The predicted molar refractivity (Wildman–Crippen MR) is 125 cm³/mol. The molecule has 0 unspecified atom stereocenters. The number of nitrogens with zero attached hydrogens (tertiary/aromatic N) is 2. The van der Waals surface area contributed by atoms with Crippen molar-refractivity contribution in [1.29, 1.82) is 0 Å². The van der Waals surface area contributed by atoms with Crippen LogP contribution in [0.5, 0.6) is 0 Å². The number of hydrogen-bond donors (Lipinski definition) is 1. The Balaban J connectivity index is 1.41. The van der Waals surface area contributed by atoms with Gasteiger partial charge in [-0.3, -0.25) is 24.1 Å². The number of benzene rings is 2. The molecule has 0 saturated heterocycles. The highest BCUT2D eigenvalue weighted by Gasteiger charge is 2.32. The van der Waals surface area contributed by atoms with Crippen LogP contribution in [0.15, 0.2) is 60.0 Å². The quantitative estimate of drug-likeness (QED) is 0.431. The first kappa shape index (κ1) is 22.9. The van der Waals surface area contributed by atoms with E-state index in [4.69, 9.17) is 4.74 Å². The third-order valence-electron chi connectivity index (χ3n) is 5.23. The number of esters is 1. The molecule has 1 aliphatic heterocycles. The highest BCUT2D eigenvalue weighted by Crippen LogP contribution is 2.25. The number of carbonyl (C=O) groups is 5. The van der Waals surface area contributed by atoms with Crippen LogP contribution in [0.1, 0.15) is 40.7 Å². The van der Waals surface area contributed by atoms with Gasteiger partial charge in [-0.15, -0.1) is 11.3 Å². The molecule has 172 valence electrons. The Hall–Kier alpha value is -4.31. The van der Waals surface area contributed by atoms with Crippen LogP contribution in [0, 0.1) is 0 Å². The van der Waals surface area contributed by atoms with Gasteiger partial charge in [0.05, 0.1) is 27.3 Å². The van der Waals surface area contributed by atoms with Crippen LogP contribution in [0.25, 0.3) is 0 Å². The molecule has 0 fully saturated rings. The van der Waals surface area contributed by atoms with E-state index < -0.39 is 30.3 Å².